The summed E-state index contributed by atoms with van der Waals surface area (Å²) in [6.45, 7) is 2.32. The van der Waals surface area contributed by atoms with Crippen LogP contribution in [0.4, 0.5) is 5.69 Å². The molecule has 1 N–H and O–H groups in total. The van der Waals surface area contributed by atoms with Crippen LogP contribution in [-0.4, -0.2) is 13.2 Å². The van der Waals surface area contributed by atoms with E-state index in [2.05, 4.69) is 18.3 Å². The van der Waals surface area contributed by atoms with Gasteiger partial charge in [-0.3, -0.25) is 0 Å². The Morgan fingerprint density at radius 1 is 1.27 bits per heavy atom. The molecular formula is C13H19NO. The van der Waals surface area contributed by atoms with Gasteiger partial charge in [0.2, 0.25) is 0 Å². The number of hydrogen-bond acceptors (Lipinski definition) is 2. The van der Waals surface area contributed by atoms with Gasteiger partial charge in [0.15, 0.2) is 0 Å². The average molecular weight is 205 g/mol. The molecule has 0 heterocycles. The van der Waals surface area contributed by atoms with Crippen LogP contribution in [0.15, 0.2) is 24.3 Å². The first-order chi connectivity index (χ1) is 7.31. The van der Waals surface area contributed by atoms with Crippen molar-refractivity contribution in [2.75, 3.05) is 12.4 Å². The summed E-state index contributed by atoms with van der Waals surface area (Å²) in [6.07, 6.45) is 3.96. The molecule has 0 unspecified atom stereocenters. The maximum Gasteiger partial charge on any atom is 0.141 e. The Balaban J connectivity index is 2.09. The van der Waals surface area contributed by atoms with Crippen LogP contribution in [0.2, 0.25) is 0 Å². The Morgan fingerprint density at radius 2 is 2.07 bits per heavy atom. The molecule has 1 aliphatic rings. The van der Waals surface area contributed by atoms with E-state index in [1.54, 1.807) is 7.11 Å². The van der Waals surface area contributed by atoms with Crippen molar-refractivity contribution in [1.82, 2.24) is 0 Å². The zero-order valence-electron chi connectivity index (χ0n) is 9.49. The summed E-state index contributed by atoms with van der Waals surface area (Å²) in [5.74, 6) is 1.71. The van der Waals surface area contributed by atoms with E-state index in [9.17, 15) is 0 Å². The lowest BCUT2D eigenvalue weighted by molar-refractivity contribution is 0.415. The summed E-state index contributed by atoms with van der Waals surface area (Å²) >= 11 is 0. The van der Waals surface area contributed by atoms with Crippen LogP contribution in [0.1, 0.15) is 26.2 Å². The second kappa shape index (κ2) is 4.56. The minimum absolute atomic E-state index is 0.612. The van der Waals surface area contributed by atoms with Crippen LogP contribution in [-0.2, 0) is 0 Å². The Hall–Kier alpha value is -1.18. The topological polar surface area (TPSA) is 21.3 Å². The van der Waals surface area contributed by atoms with Crippen molar-refractivity contribution in [3.05, 3.63) is 24.3 Å². The fourth-order valence-electron chi connectivity index (χ4n) is 2.32. The molecule has 1 aromatic rings. The number of nitrogens with one attached hydrogen (secondary N) is 1. The van der Waals surface area contributed by atoms with E-state index in [-0.39, 0.29) is 0 Å². The first-order valence-corrected chi connectivity index (χ1v) is 5.71. The van der Waals surface area contributed by atoms with Crippen LogP contribution < -0.4 is 10.1 Å². The Labute approximate surface area is 91.6 Å². The molecule has 15 heavy (non-hydrogen) atoms. The minimum atomic E-state index is 0.612. The van der Waals surface area contributed by atoms with Crippen LogP contribution in [0.5, 0.6) is 5.75 Å². The molecule has 0 aromatic heterocycles. The summed E-state index contributed by atoms with van der Waals surface area (Å²) in [5.41, 5.74) is 1.12. The highest BCUT2D eigenvalue weighted by Gasteiger charge is 2.23. The summed E-state index contributed by atoms with van der Waals surface area (Å²) in [6, 6.07) is 8.75. The van der Waals surface area contributed by atoms with Gasteiger partial charge in [-0.1, -0.05) is 25.5 Å². The molecule has 1 fully saturated rings. The van der Waals surface area contributed by atoms with Gasteiger partial charge < -0.3 is 10.1 Å². The van der Waals surface area contributed by atoms with Gasteiger partial charge >= 0.3 is 0 Å². The zero-order chi connectivity index (χ0) is 10.7. The Morgan fingerprint density at radius 3 is 2.73 bits per heavy atom. The molecule has 1 aromatic carbocycles. The Kier molecular flexibility index (Phi) is 3.14. The number of ether oxygens (including phenoxy) is 1. The second-order valence-corrected chi connectivity index (χ2v) is 4.36. The molecule has 1 saturated carbocycles. The highest BCUT2D eigenvalue weighted by molar-refractivity contribution is 5.56. The molecule has 0 radical (unpaired) electrons. The molecular weight excluding hydrogens is 186 g/mol. The molecule has 2 atom stereocenters. The SMILES string of the molecule is COc1ccccc1N[C@H]1CCC[C@H]1C. The molecule has 0 aliphatic heterocycles. The van der Waals surface area contributed by atoms with Gasteiger partial charge in [-0.15, -0.1) is 0 Å². The quantitative estimate of drug-likeness (QED) is 0.817. The second-order valence-electron chi connectivity index (χ2n) is 4.36. The minimum Gasteiger partial charge on any atom is -0.495 e. The van der Waals surface area contributed by atoms with Crippen LogP contribution in [0.25, 0.3) is 0 Å². The van der Waals surface area contributed by atoms with Crippen molar-refractivity contribution in [2.45, 2.75) is 32.2 Å². The van der Waals surface area contributed by atoms with Gasteiger partial charge in [-0.25, -0.2) is 0 Å². The van der Waals surface area contributed by atoms with E-state index in [0.717, 1.165) is 17.4 Å². The number of rotatable bonds is 3. The van der Waals surface area contributed by atoms with Crippen molar-refractivity contribution in [1.29, 1.82) is 0 Å². The number of benzene rings is 1. The van der Waals surface area contributed by atoms with Gasteiger partial charge in [0.25, 0.3) is 0 Å². The molecule has 0 saturated heterocycles. The van der Waals surface area contributed by atoms with E-state index in [0.29, 0.717) is 6.04 Å². The third-order valence-corrected chi connectivity index (χ3v) is 3.31. The normalized spacial score (nSPS) is 25.2. The van der Waals surface area contributed by atoms with Crippen LogP contribution in [0, 0.1) is 5.92 Å². The summed E-state index contributed by atoms with van der Waals surface area (Å²) < 4.78 is 5.33. The Bertz CT molecular complexity index is 324. The van der Waals surface area contributed by atoms with E-state index in [1.165, 1.54) is 19.3 Å². The first-order valence-electron chi connectivity index (χ1n) is 5.71. The van der Waals surface area contributed by atoms with Crippen molar-refractivity contribution >= 4 is 5.69 Å². The first kappa shape index (κ1) is 10.3. The highest BCUT2D eigenvalue weighted by Crippen LogP contribution is 2.31. The molecule has 2 heteroatoms. The van der Waals surface area contributed by atoms with Gasteiger partial charge in [0, 0.05) is 6.04 Å². The van der Waals surface area contributed by atoms with Crippen LogP contribution in [0.3, 0.4) is 0 Å². The van der Waals surface area contributed by atoms with E-state index in [4.69, 9.17) is 4.74 Å². The third-order valence-electron chi connectivity index (χ3n) is 3.31. The predicted molar refractivity (Wildman–Crippen MR) is 63.4 cm³/mol. The third kappa shape index (κ3) is 2.25. The van der Waals surface area contributed by atoms with Gasteiger partial charge in [0.1, 0.15) is 5.75 Å². The smallest absolute Gasteiger partial charge is 0.141 e. The monoisotopic (exact) mass is 205 g/mol. The van der Waals surface area contributed by atoms with Gasteiger partial charge in [-0.2, -0.15) is 0 Å². The summed E-state index contributed by atoms with van der Waals surface area (Å²) in [5, 5.41) is 3.59. The van der Waals surface area contributed by atoms with Crippen molar-refractivity contribution < 1.29 is 4.74 Å². The lowest BCUT2D eigenvalue weighted by Crippen LogP contribution is -2.21. The molecule has 0 bridgehead atoms. The molecule has 1 aliphatic carbocycles. The highest BCUT2D eigenvalue weighted by atomic mass is 16.5. The number of methoxy groups -OCH3 is 1. The van der Waals surface area contributed by atoms with Gasteiger partial charge in [0.05, 0.1) is 12.8 Å². The number of para-hydroxylation sites is 2. The lowest BCUT2D eigenvalue weighted by Gasteiger charge is -2.20. The van der Waals surface area contributed by atoms with E-state index < -0.39 is 0 Å². The largest absolute Gasteiger partial charge is 0.495 e. The van der Waals surface area contributed by atoms with Crippen LogP contribution >= 0.6 is 0 Å². The van der Waals surface area contributed by atoms with Crippen molar-refractivity contribution in [2.24, 2.45) is 5.92 Å². The molecule has 2 rings (SSSR count). The van der Waals surface area contributed by atoms with E-state index >= 15 is 0 Å². The zero-order valence-corrected chi connectivity index (χ0v) is 9.49. The van der Waals surface area contributed by atoms with E-state index in [1.807, 2.05) is 18.2 Å². The molecule has 0 amide bonds. The number of hydrogen-bond donors (Lipinski definition) is 1. The van der Waals surface area contributed by atoms with Gasteiger partial charge in [-0.05, 0) is 30.9 Å². The predicted octanol–water partition coefficient (Wildman–Crippen LogP) is 3.30. The standard InChI is InChI=1S/C13H19NO/c1-10-6-5-8-11(10)14-12-7-3-4-9-13(12)15-2/h3-4,7,9-11,14H,5-6,8H2,1-2H3/t10-,11+/m1/s1. The fraction of sp³-hybridized carbons (Fsp3) is 0.538. The average Bonchev–Trinajstić information content (AvgIpc) is 2.65. The number of anilines is 1. The summed E-state index contributed by atoms with van der Waals surface area (Å²) in [7, 11) is 1.72. The maximum absolute atomic E-state index is 5.33. The molecule has 0 spiro atoms. The fourth-order valence-corrected chi connectivity index (χ4v) is 2.32. The maximum atomic E-state index is 5.33. The summed E-state index contributed by atoms with van der Waals surface area (Å²) in [4.78, 5) is 0. The molecule has 2 nitrogen and oxygen atoms in total. The van der Waals surface area contributed by atoms with Crippen molar-refractivity contribution in [3.63, 3.8) is 0 Å². The lowest BCUT2D eigenvalue weighted by atomic mass is 10.1. The molecule has 82 valence electrons. The van der Waals surface area contributed by atoms with Crippen molar-refractivity contribution in [3.8, 4) is 5.75 Å².